The minimum atomic E-state index is 0.886. The maximum absolute atomic E-state index is 5.14. The Bertz CT molecular complexity index is 259. The first kappa shape index (κ1) is 9.20. The lowest BCUT2D eigenvalue weighted by molar-refractivity contribution is 0.413. The summed E-state index contributed by atoms with van der Waals surface area (Å²) in [4.78, 5) is 1.20. The van der Waals surface area contributed by atoms with Crippen LogP contribution in [0.25, 0.3) is 6.08 Å². The lowest BCUT2D eigenvalue weighted by Crippen LogP contribution is -1.84. The second kappa shape index (κ2) is 4.21. The first-order valence-electron chi connectivity index (χ1n) is 3.65. The summed E-state index contributed by atoms with van der Waals surface area (Å²) in [6.07, 6.45) is 3.86. The monoisotopic (exact) mass is 180 g/mol. The highest BCUT2D eigenvalue weighted by molar-refractivity contribution is 7.98. The predicted molar refractivity (Wildman–Crippen MR) is 54.9 cm³/mol. The van der Waals surface area contributed by atoms with Crippen LogP contribution in [0.3, 0.4) is 0 Å². The van der Waals surface area contributed by atoms with E-state index in [0.717, 1.165) is 11.3 Å². The van der Waals surface area contributed by atoms with E-state index < -0.39 is 0 Å². The molecule has 64 valence electrons. The minimum absolute atomic E-state index is 0.886. The van der Waals surface area contributed by atoms with Gasteiger partial charge in [-0.25, -0.2) is 0 Å². The van der Waals surface area contributed by atoms with Crippen LogP contribution in [0.2, 0.25) is 0 Å². The van der Waals surface area contributed by atoms with E-state index in [-0.39, 0.29) is 0 Å². The van der Waals surface area contributed by atoms with Crippen molar-refractivity contribution in [1.82, 2.24) is 0 Å². The van der Waals surface area contributed by atoms with Crippen molar-refractivity contribution >= 4 is 17.8 Å². The van der Waals surface area contributed by atoms with Crippen LogP contribution in [0.5, 0.6) is 5.75 Å². The van der Waals surface area contributed by atoms with Gasteiger partial charge in [0, 0.05) is 4.90 Å². The van der Waals surface area contributed by atoms with Gasteiger partial charge in [0.05, 0.1) is 7.11 Å². The number of methoxy groups -OCH3 is 1. The van der Waals surface area contributed by atoms with Crippen LogP contribution < -0.4 is 4.74 Å². The summed E-state index contributed by atoms with van der Waals surface area (Å²) < 4.78 is 5.14. The van der Waals surface area contributed by atoms with Gasteiger partial charge in [-0.3, -0.25) is 0 Å². The minimum Gasteiger partial charge on any atom is -0.497 e. The molecular weight excluding hydrogens is 168 g/mol. The molecule has 0 unspecified atom stereocenters. The first-order chi connectivity index (χ1) is 5.80. The lowest BCUT2D eigenvalue weighted by Gasteiger charge is -2.03. The van der Waals surface area contributed by atoms with E-state index in [9.17, 15) is 0 Å². The summed E-state index contributed by atoms with van der Waals surface area (Å²) in [6.45, 7) is 3.72. The standard InChI is InChI=1S/C10H12OS/c1-4-8-5-9(11-2)7-10(6-8)12-3/h4-7H,1H2,2-3H3. The Morgan fingerprint density at radius 2 is 2.17 bits per heavy atom. The van der Waals surface area contributed by atoms with E-state index in [4.69, 9.17) is 4.74 Å². The van der Waals surface area contributed by atoms with Gasteiger partial charge in [-0.2, -0.15) is 0 Å². The van der Waals surface area contributed by atoms with Crippen molar-refractivity contribution in [3.05, 3.63) is 30.3 Å². The molecule has 0 aromatic heterocycles. The van der Waals surface area contributed by atoms with Crippen LogP contribution >= 0.6 is 11.8 Å². The Labute approximate surface area is 77.4 Å². The van der Waals surface area contributed by atoms with Crippen molar-refractivity contribution in [2.45, 2.75) is 4.90 Å². The average Bonchev–Trinajstić information content (AvgIpc) is 2.16. The number of hydrogen-bond donors (Lipinski definition) is 0. The summed E-state index contributed by atoms with van der Waals surface area (Å²) >= 11 is 1.70. The third-order valence-corrected chi connectivity index (χ3v) is 2.32. The van der Waals surface area contributed by atoms with Gasteiger partial charge >= 0.3 is 0 Å². The zero-order valence-electron chi connectivity index (χ0n) is 7.33. The van der Waals surface area contributed by atoms with E-state index in [0.29, 0.717) is 0 Å². The topological polar surface area (TPSA) is 9.23 Å². The molecule has 0 N–H and O–H groups in total. The van der Waals surface area contributed by atoms with Gasteiger partial charge in [0.2, 0.25) is 0 Å². The smallest absolute Gasteiger partial charge is 0.120 e. The Balaban J connectivity index is 3.09. The molecule has 0 saturated carbocycles. The van der Waals surface area contributed by atoms with Crippen LogP contribution in [0.4, 0.5) is 0 Å². The maximum atomic E-state index is 5.14. The summed E-state index contributed by atoms with van der Waals surface area (Å²) in [5.41, 5.74) is 1.10. The second-order valence-electron chi connectivity index (χ2n) is 2.35. The van der Waals surface area contributed by atoms with Crippen molar-refractivity contribution < 1.29 is 4.74 Å². The number of ether oxygens (including phenoxy) is 1. The molecule has 0 aliphatic carbocycles. The van der Waals surface area contributed by atoms with Gasteiger partial charge in [-0.05, 0) is 30.0 Å². The molecule has 1 aromatic carbocycles. The molecule has 0 aliphatic rings. The molecule has 1 rings (SSSR count). The highest BCUT2D eigenvalue weighted by atomic mass is 32.2. The molecular formula is C10H12OS. The van der Waals surface area contributed by atoms with Crippen molar-refractivity contribution in [2.24, 2.45) is 0 Å². The third-order valence-electron chi connectivity index (χ3n) is 1.61. The normalized spacial score (nSPS) is 9.50. The third kappa shape index (κ3) is 2.05. The van der Waals surface area contributed by atoms with Crippen LogP contribution in [0.15, 0.2) is 29.7 Å². The zero-order valence-corrected chi connectivity index (χ0v) is 8.15. The summed E-state index contributed by atoms with van der Waals surface area (Å²) in [5.74, 6) is 0.886. The predicted octanol–water partition coefficient (Wildman–Crippen LogP) is 3.06. The highest BCUT2D eigenvalue weighted by Crippen LogP contribution is 2.23. The summed E-state index contributed by atoms with van der Waals surface area (Å²) in [5, 5.41) is 0. The van der Waals surface area contributed by atoms with Crippen LogP contribution in [-0.4, -0.2) is 13.4 Å². The van der Waals surface area contributed by atoms with Gasteiger partial charge in [0.25, 0.3) is 0 Å². The molecule has 0 bridgehead atoms. The summed E-state index contributed by atoms with van der Waals surface area (Å²) in [7, 11) is 1.67. The van der Waals surface area contributed by atoms with E-state index in [1.165, 1.54) is 4.90 Å². The molecule has 0 atom stereocenters. The molecule has 0 spiro atoms. The zero-order chi connectivity index (χ0) is 8.97. The Hall–Kier alpha value is -0.890. The Morgan fingerprint density at radius 3 is 2.67 bits per heavy atom. The maximum Gasteiger partial charge on any atom is 0.120 e. The van der Waals surface area contributed by atoms with Gasteiger partial charge in [0.15, 0.2) is 0 Å². The fourth-order valence-electron chi connectivity index (χ4n) is 0.947. The summed E-state index contributed by atoms with van der Waals surface area (Å²) in [6, 6.07) is 6.06. The van der Waals surface area contributed by atoms with Gasteiger partial charge in [-0.1, -0.05) is 12.7 Å². The van der Waals surface area contributed by atoms with Gasteiger partial charge < -0.3 is 4.74 Å². The highest BCUT2D eigenvalue weighted by Gasteiger charge is 1.97. The van der Waals surface area contributed by atoms with Gasteiger partial charge in [-0.15, -0.1) is 11.8 Å². The van der Waals surface area contributed by atoms with Gasteiger partial charge in [0.1, 0.15) is 5.75 Å². The molecule has 0 fully saturated rings. The van der Waals surface area contributed by atoms with Crippen molar-refractivity contribution in [1.29, 1.82) is 0 Å². The average molecular weight is 180 g/mol. The molecule has 0 amide bonds. The Kier molecular flexibility index (Phi) is 3.23. The fourth-order valence-corrected chi connectivity index (χ4v) is 1.44. The number of thioether (sulfide) groups is 1. The Morgan fingerprint density at radius 1 is 1.42 bits per heavy atom. The molecule has 0 aliphatic heterocycles. The van der Waals surface area contributed by atoms with Crippen LogP contribution in [0, 0.1) is 0 Å². The number of benzene rings is 1. The molecule has 12 heavy (non-hydrogen) atoms. The molecule has 1 nitrogen and oxygen atoms in total. The van der Waals surface area contributed by atoms with Crippen molar-refractivity contribution in [3.63, 3.8) is 0 Å². The van der Waals surface area contributed by atoms with E-state index in [2.05, 4.69) is 12.6 Å². The second-order valence-corrected chi connectivity index (χ2v) is 3.23. The molecule has 1 aromatic rings. The lowest BCUT2D eigenvalue weighted by atomic mass is 10.2. The van der Waals surface area contributed by atoms with E-state index >= 15 is 0 Å². The van der Waals surface area contributed by atoms with E-state index in [1.54, 1.807) is 18.9 Å². The first-order valence-corrected chi connectivity index (χ1v) is 4.88. The van der Waals surface area contributed by atoms with Crippen LogP contribution in [-0.2, 0) is 0 Å². The van der Waals surface area contributed by atoms with Crippen molar-refractivity contribution in [2.75, 3.05) is 13.4 Å². The van der Waals surface area contributed by atoms with Crippen LogP contribution in [0.1, 0.15) is 5.56 Å². The molecule has 0 saturated heterocycles. The molecule has 2 heteroatoms. The quantitative estimate of drug-likeness (QED) is 0.661. The fraction of sp³-hybridized carbons (Fsp3) is 0.200. The number of hydrogen-bond acceptors (Lipinski definition) is 2. The SMILES string of the molecule is C=Cc1cc(OC)cc(SC)c1. The van der Waals surface area contributed by atoms with E-state index in [1.807, 2.05) is 24.5 Å². The largest absolute Gasteiger partial charge is 0.497 e. The molecule has 0 radical (unpaired) electrons. The number of rotatable bonds is 3. The van der Waals surface area contributed by atoms with Crippen molar-refractivity contribution in [3.8, 4) is 5.75 Å². The molecule has 0 heterocycles.